The van der Waals surface area contributed by atoms with E-state index in [1.54, 1.807) is 0 Å². The standard InChI is InChI=1S/Ba.2H2O.O.Ti/h;2*1H2;;/q;;;;+2/p-2. The van der Waals surface area contributed by atoms with Crippen LogP contribution in [0.15, 0.2) is 0 Å². The van der Waals surface area contributed by atoms with Crippen LogP contribution in [0.3, 0.4) is 0 Å². The van der Waals surface area contributed by atoms with Gasteiger partial charge in [-0.3, -0.25) is 0 Å². The molecule has 0 amide bonds. The minimum absolute atomic E-state index is 0. The topological polar surface area (TPSA) is 57.5 Å². The van der Waals surface area contributed by atoms with Crippen molar-refractivity contribution in [1.29, 1.82) is 0 Å². The molecule has 0 aromatic carbocycles. The second-order valence-corrected chi connectivity index (χ2v) is 1.17. The first-order chi connectivity index (χ1) is 1.73. The van der Waals surface area contributed by atoms with Gasteiger partial charge in [0.15, 0.2) is 0 Å². The van der Waals surface area contributed by atoms with Crippen LogP contribution >= 0.6 is 0 Å². The van der Waals surface area contributed by atoms with E-state index in [0.717, 1.165) is 0 Å². The molecule has 5 heteroatoms. The van der Waals surface area contributed by atoms with Crippen LogP contribution in [-0.2, 0) is 21.9 Å². The second kappa shape index (κ2) is 6.01. The van der Waals surface area contributed by atoms with Crippen LogP contribution in [0.1, 0.15) is 0 Å². The average Bonchev–Trinajstić information content (AvgIpc) is 0.811. The van der Waals surface area contributed by atoms with E-state index in [0.29, 0.717) is 0 Å². The zero-order valence-electron chi connectivity index (χ0n) is 2.51. The summed E-state index contributed by atoms with van der Waals surface area (Å²) < 4.78 is 23.2. The summed E-state index contributed by atoms with van der Waals surface area (Å²) in [7, 11) is 0. The van der Waals surface area contributed by atoms with Crippen LogP contribution in [-0.4, -0.2) is 56.3 Å². The molecule has 0 heterocycles. The Balaban J connectivity index is 0. The summed E-state index contributed by atoms with van der Waals surface area (Å²) in [6, 6.07) is 0. The van der Waals surface area contributed by atoms with Crippen molar-refractivity contribution in [3.05, 3.63) is 0 Å². The van der Waals surface area contributed by atoms with Gasteiger partial charge in [0.2, 0.25) is 0 Å². The first-order valence-electron chi connectivity index (χ1n) is 0.651. The minimum atomic E-state index is -3.58. The Morgan fingerprint density at radius 3 is 1.40 bits per heavy atom. The normalized spacial score (nSPS) is 5.20. The molecule has 0 unspecified atom stereocenters. The molecule has 2 N–H and O–H groups in total. The molecule has 0 fully saturated rings. The van der Waals surface area contributed by atoms with Crippen molar-refractivity contribution in [1.82, 2.24) is 0 Å². The van der Waals surface area contributed by atoms with Gasteiger partial charge < -0.3 is 0 Å². The van der Waals surface area contributed by atoms with Gasteiger partial charge in [-0.1, -0.05) is 0 Å². The molecule has 26 valence electrons. The molecule has 0 aliphatic rings. The van der Waals surface area contributed by atoms with Crippen molar-refractivity contribution in [3.63, 3.8) is 0 Å². The average molecular weight is 235 g/mol. The van der Waals surface area contributed by atoms with Gasteiger partial charge in [-0.2, -0.15) is 0 Å². The predicted octanol–water partition coefficient (Wildman–Crippen LogP) is -1.62. The molecule has 0 spiro atoms. The van der Waals surface area contributed by atoms with E-state index in [9.17, 15) is 0 Å². The van der Waals surface area contributed by atoms with Gasteiger partial charge in [-0.15, -0.1) is 0 Å². The van der Waals surface area contributed by atoms with E-state index in [1.165, 1.54) is 0 Å². The molecule has 0 atom stereocenters. The molecule has 2 radical (unpaired) electrons. The Bertz CT molecular complexity index is 29.9. The van der Waals surface area contributed by atoms with Gasteiger partial charge in [0.25, 0.3) is 0 Å². The van der Waals surface area contributed by atoms with Gasteiger partial charge in [0.05, 0.1) is 0 Å². The van der Waals surface area contributed by atoms with Crippen LogP contribution in [0.4, 0.5) is 0 Å². The quantitative estimate of drug-likeness (QED) is 0.496. The van der Waals surface area contributed by atoms with Crippen molar-refractivity contribution in [2.75, 3.05) is 0 Å². The van der Waals surface area contributed by atoms with Gasteiger partial charge in [0.1, 0.15) is 0 Å². The Morgan fingerprint density at radius 2 is 1.40 bits per heavy atom. The summed E-state index contributed by atoms with van der Waals surface area (Å²) in [5, 5.41) is 0. The Morgan fingerprint density at radius 1 is 1.40 bits per heavy atom. The number of hydrogen-bond donors (Lipinski definition) is 2. The molecule has 0 bridgehead atoms. The number of hydrogen-bond acceptors (Lipinski definition) is 1. The second-order valence-electron chi connectivity index (χ2n) is 0.283. The fraction of sp³-hybridized carbons (Fsp3) is 0. The van der Waals surface area contributed by atoms with Crippen molar-refractivity contribution in [2.45, 2.75) is 0 Å². The first kappa shape index (κ1) is 10.1. The van der Waals surface area contributed by atoms with Crippen molar-refractivity contribution in [3.8, 4) is 0 Å². The van der Waals surface area contributed by atoms with Gasteiger partial charge >= 0.3 is 29.3 Å². The predicted molar refractivity (Wildman–Crippen MR) is 10.9 cm³/mol. The fourth-order valence-corrected chi connectivity index (χ4v) is 0. The zero-order chi connectivity index (χ0) is 3.58. The van der Waals surface area contributed by atoms with Crippen molar-refractivity contribution >= 4 is 48.9 Å². The molecule has 0 aromatic heterocycles. The Kier molecular flexibility index (Phi) is 12.1. The van der Waals surface area contributed by atoms with Crippen LogP contribution in [0.2, 0.25) is 0 Å². The van der Waals surface area contributed by atoms with Gasteiger partial charge in [0, 0.05) is 48.9 Å². The Hall–Kier alpha value is 2.01. The van der Waals surface area contributed by atoms with Crippen LogP contribution < -0.4 is 0 Å². The van der Waals surface area contributed by atoms with E-state index < -0.39 is 18.6 Å². The van der Waals surface area contributed by atoms with Crippen LogP contribution in [0, 0.1) is 0 Å². The zero-order valence-corrected chi connectivity index (χ0v) is 8.51. The Labute approximate surface area is 76.6 Å². The van der Waals surface area contributed by atoms with E-state index in [1.807, 2.05) is 0 Å². The molecule has 0 saturated carbocycles. The number of rotatable bonds is 0. The molecule has 0 rings (SSSR count). The van der Waals surface area contributed by atoms with E-state index >= 15 is 0 Å². The molecule has 0 aromatic rings. The SMILES string of the molecule is [Ba].[O]=[Ti]([OH])[OH]. The maximum atomic E-state index is 8.81. The molecular weight excluding hydrogens is 233 g/mol. The molecule has 5 heavy (non-hydrogen) atoms. The fourth-order valence-electron chi connectivity index (χ4n) is 0. The third kappa shape index (κ3) is 24.0. The molecule has 0 saturated heterocycles. The summed E-state index contributed by atoms with van der Waals surface area (Å²) in [4.78, 5) is 0. The molecular formula is H2BaO3Ti. The first-order valence-corrected chi connectivity index (χ1v) is 2.69. The molecule has 0 aliphatic carbocycles. The monoisotopic (exact) mass is 236 g/mol. The summed E-state index contributed by atoms with van der Waals surface area (Å²) >= 11 is -3.58. The summed E-state index contributed by atoms with van der Waals surface area (Å²) in [6.45, 7) is 0. The van der Waals surface area contributed by atoms with E-state index in [-0.39, 0.29) is 48.9 Å². The summed E-state index contributed by atoms with van der Waals surface area (Å²) in [5.74, 6) is 0. The summed E-state index contributed by atoms with van der Waals surface area (Å²) in [5.41, 5.74) is 0. The van der Waals surface area contributed by atoms with E-state index in [4.69, 9.17) is 10.7 Å². The van der Waals surface area contributed by atoms with Gasteiger partial charge in [-0.25, -0.2) is 0 Å². The third-order valence-corrected chi connectivity index (χ3v) is 0. The van der Waals surface area contributed by atoms with Crippen molar-refractivity contribution in [2.24, 2.45) is 0 Å². The van der Waals surface area contributed by atoms with Gasteiger partial charge in [-0.05, 0) is 0 Å². The van der Waals surface area contributed by atoms with E-state index in [2.05, 4.69) is 0 Å². The van der Waals surface area contributed by atoms with Crippen LogP contribution in [0.5, 0.6) is 0 Å². The third-order valence-electron chi connectivity index (χ3n) is 0. The summed E-state index contributed by atoms with van der Waals surface area (Å²) in [6.07, 6.45) is 0. The van der Waals surface area contributed by atoms with Crippen LogP contribution in [0.25, 0.3) is 0 Å². The molecule has 3 nitrogen and oxygen atoms in total. The van der Waals surface area contributed by atoms with Crippen molar-refractivity contribution < 1.29 is 29.3 Å². The maximum absolute atomic E-state index is 8.81. The molecule has 0 aliphatic heterocycles.